The molecule has 0 rings (SSSR count). The second kappa shape index (κ2) is 4.82. The smallest absolute Gasteiger partial charge is 0.109 e. The Hall–Kier alpha value is 1.91. The molecule has 70 valence electrons. The van der Waals surface area contributed by atoms with Crippen LogP contribution in [0.25, 0.3) is 0 Å². The van der Waals surface area contributed by atoms with E-state index >= 15 is 0 Å². The molecule has 0 atom stereocenters. The molecule has 0 aromatic carbocycles. The molecule has 10 heavy (non-hydrogen) atoms. The summed E-state index contributed by atoms with van der Waals surface area (Å²) < 4.78 is 3.74. The summed E-state index contributed by atoms with van der Waals surface area (Å²) in [5, 5.41) is 0. The Morgan fingerprint density at radius 1 is 0.700 bits per heavy atom. The first-order chi connectivity index (χ1) is 3.71. The van der Waals surface area contributed by atoms with Crippen molar-refractivity contribution in [2.24, 2.45) is 0 Å². The van der Waals surface area contributed by atoms with Crippen molar-refractivity contribution in [1.29, 1.82) is 0 Å². The predicted octanol–water partition coefficient (Wildman–Crippen LogP) is 2.25. The molecule has 0 aromatic rings. The molecular weight excluding hydrogens is 315 g/mol. The summed E-state index contributed by atoms with van der Waals surface area (Å²) in [7, 11) is -1.96. The van der Waals surface area contributed by atoms with Crippen LogP contribution in [0.4, 0.5) is 0 Å². The molecule has 0 aromatic heterocycles. The Morgan fingerprint density at radius 2 is 0.900 bits per heavy atom. The van der Waals surface area contributed by atoms with Gasteiger partial charge in [0.15, 0.2) is 0 Å². The summed E-state index contributed by atoms with van der Waals surface area (Å²) in [6.07, 6.45) is 0. The SMILES string of the molecule is C[Si](C)(C)N[Si](C)(C)C.[Yb]. The van der Waals surface area contributed by atoms with Crippen LogP contribution in [-0.2, 0) is 0 Å². The van der Waals surface area contributed by atoms with Crippen LogP contribution in [0.3, 0.4) is 0 Å². The number of rotatable bonds is 2. The Balaban J connectivity index is 0. The molecular formula is C6H19NSi2Yb. The molecule has 0 heterocycles. The first kappa shape index (κ1) is 14.4. The van der Waals surface area contributed by atoms with Crippen molar-refractivity contribution in [3.05, 3.63) is 0 Å². The molecule has 0 saturated carbocycles. The zero-order valence-electron chi connectivity index (χ0n) is 7.77. The van der Waals surface area contributed by atoms with Crippen molar-refractivity contribution in [2.75, 3.05) is 0 Å². The molecule has 0 spiro atoms. The summed E-state index contributed by atoms with van der Waals surface area (Å²) in [5.41, 5.74) is 0. The average Bonchev–Trinajstić information content (AvgIpc) is 1.14. The second-order valence-corrected chi connectivity index (χ2v) is 14.6. The van der Waals surface area contributed by atoms with Gasteiger partial charge in [-0.3, -0.25) is 0 Å². The molecule has 0 bridgehead atoms. The predicted molar refractivity (Wildman–Crippen MR) is 49.8 cm³/mol. The van der Waals surface area contributed by atoms with Crippen molar-refractivity contribution < 1.29 is 46.9 Å². The van der Waals surface area contributed by atoms with Gasteiger partial charge in [-0.25, -0.2) is 0 Å². The van der Waals surface area contributed by atoms with E-state index in [1.807, 2.05) is 0 Å². The van der Waals surface area contributed by atoms with Gasteiger partial charge in [0.2, 0.25) is 0 Å². The zero-order valence-corrected chi connectivity index (χ0v) is 11.5. The maximum absolute atomic E-state index is 3.74. The van der Waals surface area contributed by atoms with Gasteiger partial charge in [0.1, 0.15) is 16.5 Å². The van der Waals surface area contributed by atoms with Crippen LogP contribution >= 0.6 is 0 Å². The standard InChI is InChI=1S/C6H19NSi2.Yb/c1-8(2,3)7-9(4,5)6;/h7H,1-6H3;. The van der Waals surface area contributed by atoms with Crippen molar-refractivity contribution in [2.45, 2.75) is 39.3 Å². The summed E-state index contributed by atoms with van der Waals surface area (Å²) in [4.78, 5) is 0. The topological polar surface area (TPSA) is 12.0 Å². The maximum Gasteiger partial charge on any atom is 0.109 e. The van der Waals surface area contributed by atoms with Crippen molar-refractivity contribution in [3.63, 3.8) is 0 Å². The maximum atomic E-state index is 3.74. The fraction of sp³-hybridized carbons (Fsp3) is 1.00. The number of hydrogen-bond donors (Lipinski definition) is 1. The quantitative estimate of drug-likeness (QED) is 0.764. The van der Waals surface area contributed by atoms with Crippen LogP contribution in [0.5, 0.6) is 0 Å². The van der Waals surface area contributed by atoms with E-state index in [2.05, 4.69) is 43.9 Å². The molecule has 0 aliphatic rings. The van der Waals surface area contributed by atoms with Crippen molar-refractivity contribution in [3.8, 4) is 0 Å². The molecule has 1 nitrogen and oxygen atoms in total. The molecule has 0 fully saturated rings. The molecule has 4 heteroatoms. The second-order valence-electron chi connectivity index (χ2n) is 4.62. The fourth-order valence-corrected chi connectivity index (χ4v) is 10.1. The van der Waals surface area contributed by atoms with Gasteiger partial charge in [0.05, 0.1) is 0 Å². The fourth-order valence-electron chi connectivity index (χ4n) is 1.12. The van der Waals surface area contributed by atoms with E-state index in [4.69, 9.17) is 0 Å². The minimum absolute atomic E-state index is 0. The molecule has 0 radical (unpaired) electrons. The number of hydrogen-bond acceptors (Lipinski definition) is 1. The van der Waals surface area contributed by atoms with E-state index in [9.17, 15) is 0 Å². The van der Waals surface area contributed by atoms with E-state index < -0.39 is 16.5 Å². The van der Waals surface area contributed by atoms with Crippen LogP contribution in [0.2, 0.25) is 39.3 Å². The number of nitrogens with one attached hydrogen (secondary N) is 1. The minimum Gasteiger partial charge on any atom is -0.360 e. The van der Waals surface area contributed by atoms with Crippen LogP contribution < -0.4 is 4.65 Å². The first-order valence-corrected chi connectivity index (χ1v) is 10.5. The van der Waals surface area contributed by atoms with E-state index in [1.54, 1.807) is 0 Å². The van der Waals surface area contributed by atoms with Gasteiger partial charge in [-0.1, -0.05) is 39.3 Å². The summed E-state index contributed by atoms with van der Waals surface area (Å²) in [6, 6.07) is 0. The van der Waals surface area contributed by atoms with Gasteiger partial charge in [-0.05, 0) is 0 Å². The van der Waals surface area contributed by atoms with Crippen LogP contribution in [0, 0.1) is 46.9 Å². The molecule has 1 N–H and O–H groups in total. The first-order valence-electron chi connectivity index (χ1n) is 3.50. The van der Waals surface area contributed by atoms with Gasteiger partial charge < -0.3 is 4.65 Å². The van der Waals surface area contributed by atoms with E-state index in [0.717, 1.165) is 0 Å². The monoisotopic (exact) mass is 335 g/mol. The molecule has 0 aliphatic carbocycles. The normalized spacial score (nSPS) is 12.6. The summed E-state index contributed by atoms with van der Waals surface area (Å²) in [5.74, 6) is 0. The van der Waals surface area contributed by atoms with Crippen molar-refractivity contribution >= 4 is 16.5 Å². The Kier molecular flexibility index (Phi) is 6.96. The summed E-state index contributed by atoms with van der Waals surface area (Å²) in [6.45, 7) is 14.1. The van der Waals surface area contributed by atoms with Crippen molar-refractivity contribution in [1.82, 2.24) is 4.65 Å². The molecule has 0 amide bonds. The summed E-state index contributed by atoms with van der Waals surface area (Å²) >= 11 is 0. The van der Waals surface area contributed by atoms with Gasteiger partial charge in [-0.2, -0.15) is 0 Å². The average molecular weight is 334 g/mol. The van der Waals surface area contributed by atoms with Crippen LogP contribution in [0.1, 0.15) is 0 Å². The van der Waals surface area contributed by atoms with Gasteiger partial charge in [0, 0.05) is 46.9 Å². The third-order valence-corrected chi connectivity index (χ3v) is 6.75. The van der Waals surface area contributed by atoms with E-state index in [0.29, 0.717) is 0 Å². The Bertz CT molecular complexity index is 80.9. The third kappa shape index (κ3) is 12.6. The Labute approximate surface area is 106 Å². The third-order valence-electron chi connectivity index (χ3n) is 0.750. The van der Waals surface area contributed by atoms with Crippen LogP contribution in [-0.4, -0.2) is 16.5 Å². The zero-order chi connectivity index (χ0) is 7.71. The van der Waals surface area contributed by atoms with E-state index in [-0.39, 0.29) is 46.9 Å². The molecule has 0 saturated heterocycles. The van der Waals surface area contributed by atoms with Gasteiger partial charge in [-0.15, -0.1) is 0 Å². The van der Waals surface area contributed by atoms with Gasteiger partial charge >= 0.3 is 0 Å². The Morgan fingerprint density at radius 3 is 0.900 bits per heavy atom. The van der Waals surface area contributed by atoms with Gasteiger partial charge in [0.25, 0.3) is 0 Å². The largest absolute Gasteiger partial charge is 0.360 e. The van der Waals surface area contributed by atoms with E-state index in [1.165, 1.54) is 0 Å². The van der Waals surface area contributed by atoms with Crippen LogP contribution in [0.15, 0.2) is 0 Å². The molecule has 0 aliphatic heterocycles. The molecule has 0 unspecified atom stereocenters. The minimum atomic E-state index is -0.981.